The van der Waals surface area contributed by atoms with Crippen LogP contribution >= 0.6 is 0 Å². The minimum absolute atomic E-state index is 0.0353. The first-order valence-corrected chi connectivity index (χ1v) is 6.59. The Bertz CT molecular complexity index is 444. The zero-order chi connectivity index (χ0) is 13.2. The average Bonchev–Trinajstić information content (AvgIpc) is 2.52. The molecule has 0 bridgehead atoms. The van der Waals surface area contributed by atoms with Crippen LogP contribution in [0, 0.1) is 6.92 Å². The monoisotopic (exact) mass is 246 g/mol. The molecule has 2 N–H and O–H groups in total. The number of amides is 1. The van der Waals surface area contributed by atoms with Gasteiger partial charge in [-0.2, -0.15) is 0 Å². The molecule has 1 unspecified atom stereocenters. The van der Waals surface area contributed by atoms with Gasteiger partial charge in [0, 0.05) is 32.0 Å². The van der Waals surface area contributed by atoms with Gasteiger partial charge < -0.3 is 10.6 Å². The van der Waals surface area contributed by atoms with Crippen molar-refractivity contribution in [2.45, 2.75) is 31.6 Å². The first kappa shape index (κ1) is 13.1. The zero-order valence-electron chi connectivity index (χ0n) is 11.3. The van der Waals surface area contributed by atoms with Crippen molar-refractivity contribution >= 4 is 5.91 Å². The summed E-state index contributed by atoms with van der Waals surface area (Å²) in [5.74, 6) is 0.234. The highest BCUT2D eigenvalue weighted by Crippen LogP contribution is 2.35. The van der Waals surface area contributed by atoms with Crippen molar-refractivity contribution in [2.75, 3.05) is 20.1 Å². The third-order valence-electron chi connectivity index (χ3n) is 4.19. The van der Waals surface area contributed by atoms with Gasteiger partial charge in [-0.15, -0.1) is 0 Å². The van der Waals surface area contributed by atoms with Gasteiger partial charge in [-0.3, -0.25) is 4.79 Å². The summed E-state index contributed by atoms with van der Waals surface area (Å²) >= 11 is 0. The Morgan fingerprint density at radius 1 is 1.39 bits per heavy atom. The summed E-state index contributed by atoms with van der Waals surface area (Å²) in [5, 5.41) is 0. The highest BCUT2D eigenvalue weighted by molar-refractivity contribution is 5.76. The fourth-order valence-electron chi connectivity index (χ4n) is 2.75. The van der Waals surface area contributed by atoms with Gasteiger partial charge in [-0.25, -0.2) is 0 Å². The minimum Gasteiger partial charge on any atom is -0.346 e. The topological polar surface area (TPSA) is 46.3 Å². The number of rotatable bonds is 2. The van der Waals surface area contributed by atoms with E-state index < -0.39 is 0 Å². The largest absolute Gasteiger partial charge is 0.346 e. The van der Waals surface area contributed by atoms with E-state index in [-0.39, 0.29) is 11.3 Å². The summed E-state index contributed by atoms with van der Waals surface area (Å²) in [5.41, 5.74) is 8.55. The molecule has 1 atom stereocenters. The Kier molecular flexibility index (Phi) is 3.71. The second kappa shape index (κ2) is 5.11. The van der Waals surface area contributed by atoms with Gasteiger partial charge in [0.15, 0.2) is 0 Å². The first-order valence-electron chi connectivity index (χ1n) is 6.59. The van der Waals surface area contributed by atoms with E-state index >= 15 is 0 Å². The molecule has 0 spiro atoms. The molecule has 1 aromatic rings. The molecule has 1 amide bonds. The van der Waals surface area contributed by atoms with Crippen LogP contribution in [0.1, 0.15) is 30.4 Å². The number of benzene rings is 1. The first-order chi connectivity index (χ1) is 8.57. The number of hydrogen-bond acceptors (Lipinski definition) is 2. The van der Waals surface area contributed by atoms with Crippen LogP contribution in [-0.4, -0.2) is 30.9 Å². The molecule has 18 heavy (non-hydrogen) atoms. The number of nitrogens with two attached hydrogens (primary N) is 1. The molecule has 0 radical (unpaired) electrons. The molecule has 0 saturated carbocycles. The number of nitrogens with zero attached hydrogens (tertiary/aromatic N) is 1. The van der Waals surface area contributed by atoms with Crippen LogP contribution < -0.4 is 5.73 Å². The molecule has 3 nitrogen and oxygen atoms in total. The normalized spacial score (nSPS) is 25.1. The SMILES string of the molecule is Cc1cccc(C2(CN)CCC(=O)N(C)CC2)c1. The van der Waals surface area contributed by atoms with E-state index in [0.717, 1.165) is 19.4 Å². The fourth-order valence-corrected chi connectivity index (χ4v) is 2.75. The molecule has 1 heterocycles. The van der Waals surface area contributed by atoms with E-state index in [1.807, 2.05) is 11.9 Å². The van der Waals surface area contributed by atoms with Crippen molar-refractivity contribution in [1.82, 2.24) is 4.90 Å². The van der Waals surface area contributed by atoms with Crippen LogP contribution in [0.25, 0.3) is 0 Å². The van der Waals surface area contributed by atoms with Crippen molar-refractivity contribution in [3.05, 3.63) is 35.4 Å². The minimum atomic E-state index is -0.0353. The zero-order valence-corrected chi connectivity index (χ0v) is 11.3. The molecule has 0 aromatic heterocycles. The van der Waals surface area contributed by atoms with Crippen molar-refractivity contribution in [1.29, 1.82) is 0 Å². The third kappa shape index (κ3) is 2.41. The van der Waals surface area contributed by atoms with Crippen molar-refractivity contribution < 1.29 is 4.79 Å². The van der Waals surface area contributed by atoms with Gasteiger partial charge in [0.2, 0.25) is 5.91 Å². The molecule has 1 fully saturated rings. The van der Waals surface area contributed by atoms with Gasteiger partial charge in [0.25, 0.3) is 0 Å². The van der Waals surface area contributed by atoms with E-state index in [9.17, 15) is 4.79 Å². The molecule has 98 valence electrons. The van der Waals surface area contributed by atoms with Gasteiger partial charge in [-0.1, -0.05) is 29.8 Å². The second-order valence-electron chi connectivity index (χ2n) is 5.42. The van der Waals surface area contributed by atoms with Gasteiger partial charge in [-0.05, 0) is 25.3 Å². The number of likely N-dealkylation sites (tertiary alicyclic amines) is 1. The Morgan fingerprint density at radius 2 is 2.17 bits per heavy atom. The quantitative estimate of drug-likeness (QED) is 0.865. The smallest absolute Gasteiger partial charge is 0.222 e. The van der Waals surface area contributed by atoms with E-state index in [0.29, 0.717) is 13.0 Å². The molecule has 2 rings (SSSR count). The summed E-state index contributed by atoms with van der Waals surface area (Å²) in [7, 11) is 1.88. The molecule has 0 aliphatic carbocycles. The molecule has 1 saturated heterocycles. The number of hydrogen-bond donors (Lipinski definition) is 1. The molecular formula is C15H22N2O. The van der Waals surface area contributed by atoms with Crippen LogP contribution in [0.2, 0.25) is 0 Å². The summed E-state index contributed by atoms with van der Waals surface area (Å²) in [6.45, 7) is 3.50. The lowest BCUT2D eigenvalue weighted by molar-refractivity contribution is -0.129. The predicted octanol–water partition coefficient (Wildman–Crippen LogP) is 1.83. The summed E-state index contributed by atoms with van der Waals surface area (Å²) in [4.78, 5) is 13.6. The van der Waals surface area contributed by atoms with Crippen LogP contribution in [0.3, 0.4) is 0 Å². The van der Waals surface area contributed by atoms with Crippen LogP contribution in [0.5, 0.6) is 0 Å². The van der Waals surface area contributed by atoms with Crippen LogP contribution in [0.15, 0.2) is 24.3 Å². The fraction of sp³-hybridized carbons (Fsp3) is 0.533. The maximum atomic E-state index is 11.8. The average molecular weight is 246 g/mol. The lowest BCUT2D eigenvalue weighted by Crippen LogP contribution is -2.36. The molecule has 1 aliphatic rings. The van der Waals surface area contributed by atoms with Crippen molar-refractivity contribution in [3.8, 4) is 0 Å². The standard InChI is InChI=1S/C15H22N2O/c1-12-4-3-5-13(10-12)15(11-16)7-6-14(18)17(2)9-8-15/h3-5,10H,6-9,11,16H2,1-2H3. The van der Waals surface area contributed by atoms with E-state index in [2.05, 4.69) is 31.2 Å². The Balaban J connectivity index is 2.33. The Morgan fingerprint density at radius 3 is 2.83 bits per heavy atom. The van der Waals surface area contributed by atoms with Gasteiger partial charge in [0.05, 0.1) is 0 Å². The predicted molar refractivity (Wildman–Crippen MR) is 73.4 cm³/mol. The molecule has 1 aromatic carbocycles. The highest BCUT2D eigenvalue weighted by atomic mass is 16.2. The number of carbonyl (C=O) groups is 1. The Hall–Kier alpha value is -1.35. The van der Waals surface area contributed by atoms with Crippen LogP contribution in [0.4, 0.5) is 0 Å². The lowest BCUT2D eigenvalue weighted by atomic mass is 9.74. The van der Waals surface area contributed by atoms with Crippen molar-refractivity contribution in [3.63, 3.8) is 0 Å². The third-order valence-corrected chi connectivity index (χ3v) is 4.19. The maximum absolute atomic E-state index is 11.8. The van der Waals surface area contributed by atoms with Gasteiger partial charge in [0.1, 0.15) is 0 Å². The molecular weight excluding hydrogens is 224 g/mol. The van der Waals surface area contributed by atoms with E-state index in [1.165, 1.54) is 11.1 Å². The maximum Gasteiger partial charge on any atom is 0.222 e. The second-order valence-corrected chi connectivity index (χ2v) is 5.42. The van der Waals surface area contributed by atoms with Gasteiger partial charge >= 0.3 is 0 Å². The van der Waals surface area contributed by atoms with Crippen LogP contribution in [-0.2, 0) is 10.2 Å². The lowest BCUT2D eigenvalue weighted by Gasteiger charge is -2.32. The van der Waals surface area contributed by atoms with E-state index in [1.54, 1.807) is 0 Å². The van der Waals surface area contributed by atoms with Crippen molar-refractivity contribution in [2.24, 2.45) is 5.73 Å². The molecule has 3 heteroatoms. The van der Waals surface area contributed by atoms with E-state index in [4.69, 9.17) is 5.73 Å². The highest BCUT2D eigenvalue weighted by Gasteiger charge is 2.34. The number of aryl methyl sites for hydroxylation is 1. The summed E-state index contributed by atoms with van der Waals surface area (Å²) < 4.78 is 0. The molecule has 1 aliphatic heterocycles. The number of carbonyl (C=O) groups excluding carboxylic acids is 1. The summed E-state index contributed by atoms with van der Waals surface area (Å²) in [6.07, 6.45) is 2.41. The summed E-state index contributed by atoms with van der Waals surface area (Å²) in [6, 6.07) is 8.54. The Labute approximate surface area is 109 Å².